The van der Waals surface area contributed by atoms with Crippen molar-refractivity contribution in [1.29, 1.82) is 0 Å². The van der Waals surface area contributed by atoms with Gasteiger partial charge in [-0.2, -0.15) is 5.10 Å². The van der Waals surface area contributed by atoms with Gasteiger partial charge in [0.05, 0.1) is 5.71 Å². The van der Waals surface area contributed by atoms with Crippen LogP contribution >= 0.6 is 12.2 Å². The Kier molecular flexibility index (Phi) is 4.43. The van der Waals surface area contributed by atoms with Crippen LogP contribution in [0.5, 0.6) is 11.5 Å². The molecule has 118 valence electrons. The number of hydrogen-bond acceptors (Lipinski definition) is 4. The van der Waals surface area contributed by atoms with Crippen LogP contribution in [0.1, 0.15) is 18.1 Å². The Morgan fingerprint density at radius 1 is 1.13 bits per heavy atom. The van der Waals surface area contributed by atoms with Gasteiger partial charge in [-0.15, -0.1) is 0 Å². The van der Waals surface area contributed by atoms with Gasteiger partial charge >= 0.3 is 0 Å². The first-order chi connectivity index (χ1) is 11.1. The fraction of sp³-hybridized carbons (Fsp3) is 0.176. The summed E-state index contributed by atoms with van der Waals surface area (Å²) in [5.41, 5.74) is 6.69. The van der Waals surface area contributed by atoms with Crippen LogP contribution in [-0.2, 0) is 0 Å². The van der Waals surface area contributed by atoms with Gasteiger partial charge in [0.1, 0.15) is 0 Å². The highest BCUT2D eigenvalue weighted by Crippen LogP contribution is 2.32. The standard InChI is InChI=1S/C17H17N3O2S/c1-11-5-3-4-6-14(11)18-17(23)20-19-12(2)13-7-8-15-16(9-13)22-10-21-15/h3-9H,10H2,1-2H3,(H2,18,20,23)/b19-12-. The van der Waals surface area contributed by atoms with Crippen molar-refractivity contribution in [2.75, 3.05) is 12.1 Å². The Labute approximate surface area is 140 Å². The summed E-state index contributed by atoms with van der Waals surface area (Å²) in [7, 11) is 0. The largest absolute Gasteiger partial charge is 0.454 e. The molecule has 0 atom stereocenters. The normalized spacial score (nSPS) is 12.9. The van der Waals surface area contributed by atoms with E-state index < -0.39 is 0 Å². The Bertz CT molecular complexity index is 774. The van der Waals surface area contributed by atoms with E-state index in [1.807, 2.05) is 56.3 Å². The van der Waals surface area contributed by atoms with Gasteiger partial charge in [0.2, 0.25) is 6.79 Å². The molecule has 2 N–H and O–H groups in total. The van der Waals surface area contributed by atoms with Crippen molar-refractivity contribution in [3.05, 3.63) is 53.6 Å². The molecule has 0 bridgehead atoms. The van der Waals surface area contributed by atoms with E-state index in [1.54, 1.807) is 0 Å². The number of hydrogen-bond donors (Lipinski definition) is 2. The average Bonchev–Trinajstić information content (AvgIpc) is 3.02. The van der Waals surface area contributed by atoms with Gasteiger partial charge in [-0.3, -0.25) is 5.43 Å². The minimum atomic E-state index is 0.262. The van der Waals surface area contributed by atoms with Crippen LogP contribution in [0.2, 0.25) is 0 Å². The lowest BCUT2D eigenvalue weighted by atomic mass is 10.1. The van der Waals surface area contributed by atoms with Crippen LogP contribution in [0.4, 0.5) is 5.69 Å². The van der Waals surface area contributed by atoms with E-state index in [2.05, 4.69) is 15.8 Å². The highest BCUT2D eigenvalue weighted by atomic mass is 32.1. The third kappa shape index (κ3) is 3.60. The molecule has 0 radical (unpaired) electrons. The zero-order valence-corrected chi connectivity index (χ0v) is 13.7. The summed E-state index contributed by atoms with van der Waals surface area (Å²) in [5, 5.41) is 7.88. The lowest BCUT2D eigenvalue weighted by Gasteiger charge is -2.10. The van der Waals surface area contributed by atoms with Gasteiger partial charge in [-0.05, 0) is 55.9 Å². The highest BCUT2D eigenvalue weighted by Gasteiger charge is 2.14. The maximum absolute atomic E-state index is 5.37. The predicted octanol–water partition coefficient (Wildman–Crippen LogP) is 3.43. The van der Waals surface area contributed by atoms with Gasteiger partial charge in [0.25, 0.3) is 0 Å². The maximum atomic E-state index is 5.37. The monoisotopic (exact) mass is 327 g/mol. The van der Waals surface area contributed by atoms with Crippen molar-refractivity contribution < 1.29 is 9.47 Å². The number of rotatable bonds is 3. The number of thiocarbonyl (C=S) groups is 1. The van der Waals surface area contributed by atoms with Crippen molar-refractivity contribution in [2.24, 2.45) is 5.10 Å². The maximum Gasteiger partial charge on any atom is 0.231 e. The molecule has 0 saturated heterocycles. The van der Waals surface area contributed by atoms with Gasteiger partial charge in [0.15, 0.2) is 16.6 Å². The lowest BCUT2D eigenvalue weighted by molar-refractivity contribution is 0.174. The van der Waals surface area contributed by atoms with Crippen LogP contribution in [-0.4, -0.2) is 17.6 Å². The molecule has 3 rings (SSSR count). The molecule has 1 aliphatic heterocycles. The third-order valence-corrected chi connectivity index (χ3v) is 3.70. The van der Waals surface area contributed by atoms with Crippen LogP contribution in [0.25, 0.3) is 0 Å². The Morgan fingerprint density at radius 3 is 2.74 bits per heavy atom. The molecule has 5 nitrogen and oxygen atoms in total. The van der Waals surface area contributed by atoms with Gasteiger partial charge in [-0.25, -0.2) is 0 Å². The number of aryl methyl sites for hydroxylation is 1. The average molecular weight is 327 g/mol. The number of nitrogens with one attached hydrogen (secondary N) is 2. The Morgan fingerprint density at radius 2 is 1.91 bits per heavy atom. The van der Waals surface area contributed by atoms with Crippen LogP contribution < -0.4 is 20.2 Å². The number of nitrogens with zero attached hydrogens (tertiary/aromatic N) is 1. The second-order valence-corrected chi connectivity index (χ2v) is 5.55. The molecule has 23 heavy (non-hydrogen) atoms. The summed E-state index contributed by atoms with van der Waals surface area (Å²) in [4.78, 5) is 0. The molecule has 0 aromatic heterocycles. The lowest BCUT2D eigenvalue weighted by Crippen LogP contribution is -2.25. The first kappa shape index (κ1) is 15.3. The zero-order valence-electron chi connectivity index (χ0n) is 12.9. The Balaban J connectivity index is 1.65. The molecule has 0 fully saturated rings. The SMILES string of the molecule is C/C(=N/NC(=S)Nc1ccccc1C)c1ccc2c(c1)OCO2. The molecule has 0 aliphatic carbocycles. The second kappa shape index (κ2) is 6.66. The summed E-state index contributed by atoms with van der Waals surface area (Å²) >= 11 is 5.27. The molecule has 0 spiro atoms. The number of hydrazone groups is 1. The van der Waals surface area contributed by atoms with Gasteiger partial charge in [-0.1, -0.05) is 18.2 Å². The van der Waals surface area contributed by atoms with Crippen molar-refractivity contribution in [2.45, 2.75) is 13.8 Å². The first-order valence-corrected chi connectivity index (χ1v) is 7.61. The number of ether oxygens (including phenoxy) is 2. The number of benzene rings is 2. The van der Waals surface area contributed by atoms with Crippen LogP contribution in [0.15, 0.2) is 47.6 Å². The zero-order chi connectivity index (χ0) is 16.2. The van der Waals surface area contributed by atoms with E-state index in [0.717, 1.165) is 34.0 Å². The van der Waals surface area contributed by atoms with E-state index in [1.165, 1.54) is 0 Å². The molecule has 1 aliphatic rings. The predicted molar refractivity (Wildman–Crippen MR) is 95.3 cm³/mol. The summed E-state index contributed by atoms with van der Waals surface area (Å²) in [6, 6.07) is 13.6. The van der Waals surface area contributed by atoms with Gasteiger partial charge in [0, 0.05) is 11.3 Å². The topological polar surface area (TPSA) is 54.9 Å². The van der Waals surface area contributed by atoms with Crippen molar-refractivity contribution in [3.63, 3.8) is 0 Å². The smallest absolute Gasteiger partial charge is 0.231 e. The van der Waals surface area contributed by atoms with E-state index in [4.69, 9.17) is 21.7 Å². The van der Waals surface area contributed by atoms with Crippen LogP contribution in [0.3, 0.4) is 0 Å². The van der Waals surface area contributed by atoms with Crippen molar-refractivity contribution >= 4 is 28.7 Å². The summed E-state index contributed by atoms with van der Waals surface area (Å²) in [5.74, 6) is 1.49. The molecule has 0 unspecified atom stereocenters. The fourth-order valence-corrected chi connectivity index (χ4v) is 2.34. The summed E-state index contributed by atoms with van der Waals surface area (Å²) in [6.45, 7) is 4.19. The first-order valence-electron chi connectivity index (χ1n) is 7.20. The molecule has 6 heteroatoms. The number of para-hydroxylation sites is 1. The van der Waals surface area contributed by atoms with E-state index in [0.29, 0.717) is 5.11 Å². The molecular weight excluding hydrogens is 310 g/mol. The fourth-order valence-electron chi connectivity index (χ4n) is 2.18. The minimum Gasteiger partial charge on any atom is -0.454 e. The molecular formula is C17H17N3O2S. The molecule has 2 aromatic carbocycles. The molecule has 2 aromatic rings. The Hall–Kier alpha value is -2.60. The van der Waals surface area contributed by atoms with E-state index >= 15 is 0 Å². The number of anilines is 1. The van der Waals surface area contributed by atoms with Gasteiger partial charge < -0.3 is 14.8 Å². The number of fused-ring (bicyclic) bond motifs is 1. The minimum absolute atomic E-state index is 0.262. The quantitative estimate of drug-likeness (QED) is 0.514. The highest BCUT2D eigenvalue weighted by molar-refractivity contribution is 7.80. The van der Waals surface area contributed by atoms with Crippen molar-refractivity contribution in [3.8, 4) is 11.5 Å². The van der Waals surface area contributed by atoms with Crippen molar-refractivity contribution in [1.82, 2.24) is 5.43 Å². The molecule has 1 heterocycles. The van der Waals surface area contributed by atoms with E-state index in [9.17, 15) is 0 Å². The molecule has 0 saturated carbocycles. The summed E-state index contributed by atoms with van der Waals surface area (Å²) < 4.78 is 10.7. The second-order valence-electron chi connectivity index (χ2n) is 5.15. The third-order valence-electron chi connectivity index (χ3n) is 3.51. The van der Waals surface area contributed by atoms with E-state index in [-0.39, 0.29) is 6.79 Å². The summed E-state index contributed by atoms with van der Waals surface area (Å²) in [6.07, 6.45) is 0. The molecule has 0 amide bonds. The van der Waals surface area contributed by atoms with Crippen LogP contribution in [0, 0.1) is 6.92 Å².